The SMILES string of the molecule is Cc1cccc(Oc2ccc(CC(C)N)cc2)c1F. The lowest BCUT2D eigenvalue weighted by atomic mass is 10.1. The second-order valence-electron chi connectivity index (χ2n) is 4.81. The lowest BCUT2D eigenvalue weighted by molar-refractivity contribution is 0.440. The molecule has 0 spiro atoms. The van der Waals surface area contributed by atoms with Gasteiger partial charge in [-0.15, -0.1) is 0 Å². The molecule has 0 aliphatic carbocycles. The van der Waals surface area contributed by atoms with Crippen molar-refractivity contribution in [2.75, 3.05) is 0 Å². The van der Waals surface area contributed by atoms with Crippen molar-refractivity contribution in [1.82, 2.24) is 0 Å². The first-order chi connectivity index (χ1) is 9.06. The van der Waals surface area contributed by atoms with Crippen LogP contribution in [0.1, 0.15) is 18.1 Å². The summed E-state index contributed by atoms with van der Waals surface area (Å²) in [4.78, 5) is 0. The lowest BCUT2D eigenvalue weighted by Crippen LogP contribution is -2.17. The molecule has 2 N–H and O–H groups in total. The van der Waals surface area contributed by atoms with Crippen LogP contribution in [0.5, 0.6) is 11.5 Å². The van der Waals surface area contributed by atoms with E-state index in [0.717, 1.165) is 12.0 Å². The molecule has 0 bridgehead atoms. The van der Waals surface area contributed by atoms with Crippen LogP contribution in [0, 0.1) is 12.7 Å². The van der Waals surface area contributed by atoms with E-state index in [-0.39, 0.29) is 17.6 Å². The quantitative estimate of drug-likeness (QED) is 0.906. The van der Waals surface area contributed by atoms with E-state index in [4.69, 9.17) is 10.5 Å². The minimum Gasteiger partial charge on any atom is -0.454 e. The summed E-state index contributed by atoms with van der Waals surface area (Å²) in [5.41, 5.74) is 7.46. The summed E-state index contributed by atoms with van der Waals surface area (Å²) in [6.07, 6.45) is 0.819. The van der Waals surface area contributed by atoms with Crippen LogP contribution in [-0.2, 0) is 6.42 Å². The summed E-state index contributed by atoms with van der Waals surface area (Å²) >= 11 is 0. The van der Waals surface area contributed by atoms with Gasteiger partial charge in [0.2, 0.25) is 0 Å². The van der Waals surface area contributed by atoms with Gasteiger partial charge in [-0.05, 0) is 49.6 Å². The molecule has 1 atom stereocenters. The van der Waals surface area contributed by atoms with Gasteiger partial charge in [-0.2, -0.15) is 0 Å². The molecule has 0 aliphatic heterocycles. The Hall–Kier alpha value is -1.87. The van der Waals surface area contributed by atoms with Gasteiger partial charge >= 0.3 is 0 Å². The first-order valence-electron chi connectivity index (χ1n) is 6.34. The summed E-state index contributed by atoms with van der Waals surface area (Å²) in [7, 11) is 0. The molecule has 0 fully saturated rings. The molecular formula is C16H18FNO. The normalized spacial score (nSPS) is 12.2. The molecule has 3 heteroatoms. The first kappa shape index (κ1) is 13.6. The Morgan fingerprint density at radius 1 is 1.16 bits per heavy atom. The second-order valence-corrected chi connectivity index (χ2v) is 4.81. The molecule has 2 aromatic rings. The Bertz CT molecular complexity index is 549. The molecule has 2 nitrogen and oxygen atoms in total. The topological polar surface area (TPSA) is 35.2 Å². The third kappa shape index (κ3) is 3.55. The van der Waals surface area contributed by atoms with Gasteiger partial charge in [0.1, 0.15) is 5.75 Å². The lowest BCUT2D eigenvalue weighted by Gasteiger charge is -2.09. The zero-order valence-corrected chi connectivity index (χ0v) is 11.2. The Morgan fingerprint density at radius 3 is 2.47 bits per heavy atom. The van der Waals surface area contributed by atoms with E-state index in [0.29, 0.717) is 11.3 Å². The standard InChI is InChI=1S/C16H18FNO/c1-11-4-3-5-15(16(11)17)19-14-8-6-13(7-9-14)10-12(2)18/h3-9,12H,10,18H2,1-2H3. The van der Waals surface area contributed by atoms with Crippen molar-refractivity contribution in [1.29, 1.82) is 0 Å². The van der Waals surface area contributed by atoms with Crippen LogP contribution in [0.4, 0.5) is 4.39 Å². The van der Waals surface area contributed by atoms with E-state index in [1.807, 2.05) is 31.2 Å². The Morgan fingerprint density at radius 2 is 1.84 bits per heavy atom. The molecule has 2 aromatic carbocycles. The molecule has 0 radical (unpaired) electrons. The van der Waals surface area contributed by atoms with E-state index in [1.54, 1.807) is 25.1 Å². The summed E-state index contributed by atoms with van der Waals surface area (Å²) in [6, 6.07) is 12.8. The van der Waals surface area contributed by atoms with Gasteiger partial charge in [-0.1, -0.05) is 24.3 Å². The van der Waals surface area contributed by atoms with E-state index in [1.165, 1.54) is 0 Å². The van der Waals surface area contributed by atoms with Crippen molar-refractivity contribution in [3.05, 3.63) is 59.4 Å². The maximum Gasteiger partial charge on any atom is 0.168 e. The minimum atomic E-state index is -0.317. The number of hydrogen-bond acceptors (Lipinski definition) is 2. The van der Waals surface area contributed by atoms with Crippen LogP contribution < -0.4 is 10.5 Å². The maximum absolute atomic E-state index is 13.8. The molecule has 0 saturated carbocycles. The number of halogens is 1. The molecule has 0 saturated heterocycles. The van der Waals surface area contributed by atoms with Gasteiger partial charge < -0.3 is 10.5 Å². The molecule has 0 amide bonds. The number of aryl methyl sites for hydroxylation is 1. The number of benzene rings is 2. The van der Waals surface area contributed by atoms with Crippen molar-refractivity contribution in [2.45, 2.75) is 26.3 Å². The smallest absolute Gasteiger partial charge is 0.168 e. The van der Waals surface area contributed by atoms with Crippen LogP contribution in [0.25, 0.3) is 0 Å². The van der Waals surface area contributed by atoms with Crippen molar-refractivity contribution >= 4 is 0 Å². The monoisotopic (exact) mass is 259 g/mol. The molecule has 19 heavy (non-hydrogen) atoms. The van der Waals surface area contributed by atoms with Gasteiger partial charge in [-0.3, -0.25) is 0 Å². The van der Waals surface area contributed by atoms with Gasteiger partial charge in [0.05, 0.1) is 0 Å². The van der Waals surface area contributed by atoms with E-state index in [9.17, 15) is 4.39 Å². The summed E-state index contributed by atoms with van der Waals surface area (Å²) in [5, 5.41) is 0. The first-order valence-corrected chi connectivity index (χ1v) is 6.34. The number of nitrogens with two attached hydrogens (primary N) is 1. The fourth-order valence-corrected chi connectivity index (χ4v) is 1.89. The largest absolute Gasteiger partial charge is 0.454 e. The van der Waals surface area contributed by atoms with Crippen molar-refractivity contribution in [2.24, 2.45) is 5.73 Å². The third-order valence-electron chi connectivity index (χ3n) is 2.87. The number of hydrogen-bond donors (Lipinski definition) is 1. The highest BCUT2D eigenvalue weighted by atomic mass is 19.1. The van der Waals surface area contributed by atoms with Crippen LogP contribution in [0.3, 0.4) is 0 Å². The predicted octanol–water partition coefficient (Wildman–Crippen LogP) is 3.82. The van der Waals surface area contributed by atoms with Crippen molar-refractivity contribution < 1.29 is 9.13 Å². The van der Waals surface area contributed by atoms with Crippen LogP contribution in [0.15, 0.2) is 42.5 Å². The highest BCUT2D eigenvalue weighted by Crippen LogP contribution is 2.26. The fourth-order valence-electron chi connectivity index (χ4n) is 1.89. The van der Waals surface area contributed by atoms with E-state index < -0.39 is 0 Å². The predicted molar refractivity (Wildman–Crippen MR) is 75.0 cm³/mol. The van der Waals surface area contributed by atoms with Gasteiger partial charge in [0.25, 0.3) is 0 Å². The minimum absolute atomic E-state index is 0.126. The highest BCUT2D eigenvalue weighted by Gasteiger charge is 2.07. The third-order valence-corrected chi connectivity index (χ3v) is 2.87. The Kier molecular flexibility index (Phi) is 4.17. The van der Waals surface area contributed by atoms with Crippen molar-refractivity contribution in [3.8, 4) is 11.5 Å². The molecule has 0 aromatic heterocycles. The maximum atomic E-state index is 13.8. The molecular weight excluding hydrogens is 241 g/mol. The fraction of sp³-hybridized carbons (Fsp3) is 0.250. The average Bonchev–Trinajstić information content (AvgIpc) is 2.37. The van der Waals surface area contributed by atoms with Crippen molar-refractivity contribution in [3.63, 3.8) is 0 Å². The molecule has 0 aliphatic rings. The van der Waals surface area contributed by atoms with Gasteiger partial charge in [0.15, 0.2) is 11.6 Å². The van der Waals surface area contributed by atoms with Gasteiger partial charge in [0, 0.05) is 6.04 Å². The number of rotatable bonds is 4. The van der Waals surface area contributed by atoms with E-state index in [2.05, 4.69) is 0 Å². The molecule has 2 rings (SSSR count). The molecule has 0 heterocycles. The number of ether oxygens (including phenoxy) is 1. The summed E-state index contributed by atoms with van der Waals surface area (Å²) < 4.78 is 19.3. The Labute approximate surface area is 113 Å². The summed E-state index contributed by atoms with van der Waals surface area (Å²) in [5.74, 6) is 0.556. The Balaban J connectivity index is 2.13. The van der Waals surface area contributed by atoms with E-state index >= 15 is 0 Å². The average molecular weight is 259 g/mol. The second kappa shape index (κ2) is 5.85. The molecule has 100 valence electrons. The highest BCUT2D eigenvalue weighted by molar-refractivity contribution is 5.36. The summed E-state index contributed by atoms with van der Waals surface area (Å²) in [6.45, 7) is 3.68. The van der Waals surface area contributed by atoms with Crippen LogP contribution in [-0.4, -0.2) is 6.04 Å². The molecule has 1 unspecified atom stereocenters. The van der Waals surface area contributed by atoms with Gasteiger partial charge in [-0.25, -0.2) is 4.39 Å². The van der Waals surface area contributed by atoms with Crippen LogP contribution in [0.2, 0.25) is 0 Å². The zero-order valence-electron chi connectivity index (χ0n) is 11.2. The van der Waals surface area contributed by atoms with Crippen LogP contribution >= 0.6 is 0 Å². The zero-order chi connectivity index (χ0) is 13.8.